The Morgan fingerprint density at radius 3 is 2.69 bits per heavy atom. The number of hydrogen-bond acceptors (Lipinski definition) is 3. The van der Waals surface area contributed by atoms with Crippen LogP contribution in [0.15, 0.2) is 18.2 Å². The summed E-state index contributed by atoms with van der Waals surface area (Å²) in [5, 5.41) is 9.92. The van der Waals surface area contributed by atoms with Crippen molar-refractivity contribution in [1.82, 2.24) is 0 Å². The number of anilines is 1. The second-order valence-corrected chi connectivity index (χ2v) is 3.94. The molecule has 0 amide bonds. The number of hydrogen-bond donors (Lipinski definition) is 2. The number of aliphatic hydroxyl groups excluding tert-OH is 1. The average Bonchev–Trinajstić information content (AvgIpc) is 2.28. The Labute approximate surface area is 97.2 Å². The first-order chi connectivity index (χ1) is 7.69. The Morgan fingerprint density at radius 1 is 1.31 bits per heavy atom. The van der Waals surface area contributed by atoms with Gasteiger partial charge in [-0.25, -0.2) is 0 Å². The zero-order valence-corrected chi connectivity index (χ0v) is 10.1. The van der Waals surface area contributed by atoms with Crippen LogP contribution in [0.1, 0.15) is 44.8 Å². The second kappa shape index (κ2) is 6.38. The Bertz CT molecular complexity index is 326. The van der Waals surface area contributed by atoms with Crippen LogP contribution in [0.2, 0.25) is 0 Å². The normalized spacial score (nSPS) is 12.4. The van der Waals surface area contributed by atoms with Gasteiger partial charge in [0.05, 0.1) is 12.7 Å². The van der Waals surface area contributed by atoms with Gasteiger partial charge in [-0.1, -0.05) is 20.3 Å². The smallest absolute Gasteiger partial charge is 0.119 e. The van der Waals surface area contributed by atoms with Crippen LogP contribution in [0.3, 0.4) is 0 Å². The number of ether oxygens (including phenoxy) is 1. The Balaban J connectivity index is 2.81. The number of nitrogen functional groups attached to an aromatic ring is 1. The van der Waals surface area contributed by atoms with Crippen molar-refractivity contribution < 1.29 is 9.84 Å². The standard InChI is InChI=1S/C13H21NO2/c1-3-5-13(15)11-9-10(16-8-4-2)6-7-12(11)14/h6-7,9,13,15H,3-5,8,14H2,1-2H3. The molecule has 0 saturated heterocycles. The van der Waals surface area contributed by atoms with Crippen molar-refractivity contribution in [3.05, 3.63) is 23.8 Å². The minimum atomic E-state index is -0.491. The lowest BCUT2D eigenvalue weighted by molar-refractivity contribution is 0.166. The minimum Gasteiger partial charge on any atom is -0.494 e. The molecule has 3 nitrogen and oxygen atoms in total. The van der Waals surface area contributed by atoms with Crippen LogP contribution in [0.25, 0.3) is 0 Å². The van der Waals surface area contributed by atoms with Gasteiger partial charge in [0.2, 0.25) is 0 Å². The fraction of sp³-hybridized carbons (Fsp3) is 0.538. The molecular formula is C13H21NO2. The predicted octanol–water partition coefficient (Wildman–Crippen LogP) is 2.89. The first-order valence-electron chi connectivity index (χ1n) is 5.89. The third-order valence-corrected chi connectivity index (χ3v) is 2.45. The highest BCUT2D eigenvalue weighted by molar-refractivity contribution is 5.51. The van der Waals surface area contributed by atoms with Crippen LogP contribution >= 0.6 is 0 Å². The van der Waals surface area contributed by atoms with Gasteiger partial charge in [-0.05, 0) is 31.0 Å². The summed E-state index contributed by atoms with van der Waals surface area (Å²) in [7, 11) is 0. The van der Waals surface area contributed by atoms with E-state index in [9.17, 15) is 5.11 Å². The van der Waals surface area contributed by atoms with E-state index in [1.165, 1.54) is 0 Å². The second-order valence-electron chi connectivity index (χ2n) is 3.94. The van der Waals surface area contributed by atoms with Gasteiger partial charge in [-0.3, -0.25) is 0 Å². The molecule has 1 atom stereocenters. The lowest BCUT2D eigenvalue weighted by atomic mass is 10.0. The fourth-order valence-corrected chi connectivity index (χ4v) is 1.58. The van der Waals surface area contributed by atoms with Gasteiger partial charge in [0.15, 0.2) is 0 Å². The van der Waals surface area contributed by atoms with Gasteiger partial charge >= 0.3 is 0 Å². The SMILES string of the molecule is CCCOc1ccc(N)c(C(O)CCC)c1. The maximum Gasteiger partial charge on any atom is 0.119 e. The summed E-state index contributed by atoms with van der Waals surface area (Å²) in [4.78, 5) is 0. The molecule has 90 valence electrons. The number of rotatable bonds is 6. The molecule has 0 saturated carbocycles. The third kappa shape index (κ3) is 3.42. The zero-order valence-electron chi connectivity index (χ0n) is 10.1. The Kier molecular flexibility index (Phi) is 5.12. The maximum atomic E-state index is 9.92. The first kappa shape index (κ1) is 12.8. The molecule has 0 fully saturated rings. The summed E-state index contributed by atoms with van der Waals surface area (Å²) < 4.78 is 5.51. The van der Waals surface area contributed by atoms with Crippen molar-refractivity contribution in [3.63, 3.8) is 0 Å². The maximum absolute atomic E-state index is 9.92. The van der Waals surface area contributed by atoms with E-state index in [1.54, 1.807) is 6.07 Å². The van der Waals surface area contributed by atoms with Gasteiger partial charge in [0.1, 0.15) is 5.75 Å². The molecule has 0 heterocycles. The van der Waals surface area contributed by atoms with E-state index in [-0.39, 0.29) is 0 Å². The van der Waals surface area contributed by atoms with E-state index in [4.69, 9.17) is 10.5 Å². The van der Waals surface area contributed by atoms with Crippen molar-refractivity contribution in [2.24, 2.45) is 0 Å². The predicted molar refractivity (Wildman–Crippen MR) is 66.5 cm³/mol. The summed E-state index contributed by atoms with van der Waals surface area (Å²) in [5.74, 6) is 0.779. The van der Waals surface area contributed by atoms with Crippen LogP contribution in [-0.2, 0) is 0 Å². The first-order valence-corrected chi connectivity index (χ1v) is 5.89. The molecule has 1 rings (SSSR count). The molecule has 0 spiro atoms. The quantitative estimate of drug-likeness (QED) is 0.729. The van der Waals surface area contributed by atoms with Crippen LogP contribution in [-0.4, -0.2) is 11.7 Å². The minimum absolute atomic E-state index is 0.491. The van der Waals surface area contributed by atoms with E-state index in [0.717, 1.165) is 30.6 Å². The number of aliphatic hydroxyl groups is 1. The van der Waals surface area contributed by atoms with Gasteiger partial charge < -0.3 is 15.6 Å². The summed E-state index contributed by atoms with van der Waals surface area (Å²) in [6.45, 7) is 4.79. The van der Waals surface area contributed by atoms with Gasteiger partial charge in [-0.15, -0.1) is 0 Å². The fourth-order valence-electron chi connectivity index (χ4n) is 1.58. The summed E-state index contributed by atoms with van der Waals surface area (Å²) in [6.07, 6.45) is 2.13. The molecule has 1 aromatic carbocycles. The highest BCUT2D eigenvalue weighted by atomic mass is 16.5. The van der Waals surface area contributed by atoms with Crippen molar-refractivity contribution in [2.75, 3.05) is 12.3 Å². The monoisotopic (exact) mass is 223 g/mol. The molecule has 0 aliphatic heterocycles. The Morgan fingerprint density at radius 2 is 2.06 bits per heavy atom. The molecule has 3 heteroatoms. The number of benzene rings is 1. The van der Waals surface area contributed by atoms with Gasteiger partial charge in [0.25, 0.3) is 0 Å². The molecular weight excluding hydrogens is 202 g/mol. The van der Waals surface area contributed by atoms with Crippen LogP contribution in [0.4, 0.5) is 5.69 Å². The average molecular weight is 223 g/mol. The van der Waals surface area contributed by atoms with Crippen LogP contribution in [0.5, 0.6) is 5.75 Å². The van der Waals surface area contributed by atoms with Crippen LogP contribution in [0, 0.1) is 0 Å². The van der Waals surface area contributed by atoms with Crippen molar-refractivity contribution in [2.45, 2.75) is 39.2 Å². The molecule has 0 bridgehead atoms. The van der Waals surface area contributed by atoms with Crippen molar-refractivity contribution >= 4 is 5.69 Å². The lowest BCUT2D eigenvalue weighted by Crippen LogP contribution is -2.03. The Hall–Kier alpha value is -1.22. The molecule has 0 aromatic heterocycles. The molecule has 1 aromatic rings. The van der Waals surface area contributed by atoms with Crippen molar-refractivity contribution in [1.29, 1.82) is 0 Å². The summed E-state index contributed by atoms with van der Waals surface area (Å²) in [5.41, 5.74) is 7.24. The lowest BCUT2D eigenvalue weighted by Gasteiger charge is -2.14. The molecule has 0 aliphatic carbocycles. The van der Waals surface area contributed by atoms with Gasteiger partial charge in [0, 0.05) is 11.3 Å². The molecule has 0 aliphatic rings. The van der Waals surface area contributed by atoms with E-state index < -0.39 is 6.10 Å². The van der Waals surface area contributed by atoms with Crippen molar-refractivity contribution in [3.8, 4) is 5.75 Å². The van der Waals surface area contributed by atoms with E-state index in [1.807, 2.05) is 19.1 Å². The highest BCUT2D eigenvalue weighted by Crippen LogP contribution is 2.28. The summed E-state index contributed by atoms with van der Waals surface area (Å²) in [6, 6.07) is 5.47. The summed E-state index contributed by atoms with van der Waals surface area (Å²) >= 11 is 0. The highest BCUT2D eigenvalue weighted by Gasteiger charge is 2.11. The largest absolute Gasteiger partial charge is 0.494 e. The van der Waals surface area contributed by atoms with E-state index in [2.05, 4.69) is 6.92 Å². The molecule has 16 heavy (non-hydrogen) atoms. The van der Waals surface area contributed by atoms with Crippen LogP contribution < -0.4 is 10.5 Å². The van der Waals surface area contributed by atoms with E-state index >= 15 is 0 Å². The zero-order chi connectivity index (χ0) is 12.0. The molecule has 0 radical (unpaired) electrons. The third-order valence-electron chi connectivity index (χ3n) is 2.45. The molecule has 3 N–H and O–H groups in total. The van der Waals surface area contributed by atoms with E-state index in [0.29, 0.717) is 12.3 Å². The topological polar surface area (TPSA) is 55.5 Å². The molecule has 1 unspecified atom stereocenters. The number of nitrogens with two attached hydrogens (primary N) is 1. The van der Waals surface area contributed by atoms with Gasteiger partial charge in [-0.2, -0.15) is 0 Å².